The van der Waals surface area contributed by atoms with Gasteiger partial charge in [0.25, 0.3) is 0 Å². The van der Waals surface area contributed by atoms with E-state index in [-0.39, 0.29) is 24.8 Å². The van der Waals surface area contributed by atoms with Gasteiger partial charge in [-0.3, -0.25) is 0 Å². The van der Waals surface area contributed by atoms with E-state index in [0.29, 0.717) is 12.6 Å². The van der Waals surface area contributed by atoms with E-state index in [1.54, 1.807) is 7.11 Å². The Morgan fingerprint density at radius 3 is 2.48 bits per heavy atom. The van der Waals surface area contributed by atoms with Crippen molar-refractivity contribution >= 4 is 36.4 Å². The number of ether oxygens (including phenoxy) is 2. The standard InChI is InChI=1S/C22H27ClN2O2.2ClH/c1-26-22-12-16(13-24-20-14-25-10-8-17(20)9-11-25)6-7-21(22)27-15-18-4-2-3-5-19(18)23;;/h2-7,12,17,20,24H,8-11,13-15H2,1H3;2*1H. The Morgan fingerprint density at radius 1 is 1.07 bits per heavy atom. The van der Waals surface area contributed by atoms with Gasteiger partial charge in [0.15, 0.2) is 11.5 Å². The van der Waals surface area contributed by atoms with Gasteiger partial charge in [-0.25, -0.2) is 0 Å². The second kappa shape index (κ2) is 11.3. The van der Waals surface area contributed by atoms with E-state index in [4.69, 9.17) is 21.1 Å². The highest BCUT2D eigenvalue weighted by Crippen LogP contribution is 2.31. The van der Waals surface area contributed by atoms with E-state index in [1.165, 1.54) is 38.0 Å². The summed E-state index contributed by atoms with van der Waals surface area (Å²) in [5.41, 5.74) is 2.18. The van der Waals surface area contributed by atoms with Crippen LogP contribution in [0, 0.1) is 5.92 Å². The molecule has 1 unspecified atom stereocenters. The van der Waals surface area contributed by atoms with E-state index < -0.39 is 0 Å². The Balaban J connectivity index is 0.00000150. The zero-order chi connectivity index (χ0) is 18.6. The van der Waals surface area contributed by atoms with Crippen molar-refractivity contribution in [1.29, 1.82) is 0 Å². The van der Waals surface area contributed by atoms with E-state index >= 15 is 0 Å². The summed E-state index contributed by atoms with van der Waals surface area (Å²) in [5.74, 6) is 2.33. The third kappa shape index (κ3) is 5.93. The maximum absolute atomic E-state index is 6.21. The SMILES string of the molecule is COc1cc(CNC2CN3CCC2CC3)ccc1OCc1ccccc1Cl.Cl.Cl. The molecule has 0 spiro atoms. The molecule has 3 heterocycles. The van der Waals surface area contributed by atoms with Crippen molar-refractivity contribution in [2.45, 2.75) is 32.0 Å². The normalized spacial score (nSPS) is 22.3. The van der Waals surface area contributed by atoms with Crippen molar-refractivity contribution in [3.8, 4) is 11.5 Å². The molecule has 2 bridgehead atoms. The Morgan fingerprint density at radius 2 is 1.83 bits per heavy atom. The molecule has 0 aromatic heterocycles. The number of fused-ring (bicyclic) bond motifs is 3. The largest absolute Gasteiger partial charge is 0.493 e. The fraction of sp³-hybridized carbons (Fsp3) is 0.455. The molecular weight excluding hydrogens is 431 g/mol. The van der Waals surface area contributed by atoms with Gasteiger partial charge in [0.1, 0.15) is 6.61 Å². The molecule has 2 aromatic rings. The number of nitrogens with zero attached hydrogens (tertiary/aromatic N) is 1. The van der Waals surface area contributed by atoms with Gasteiger partial charge in [-0.05, 0) is 55.6 Å². The molecule has 4 nitrogen and oxygen atoms in total. The molecule has 3 aliphatic rings. The molecule has 5 rings (SSSR count). The summed E-state index contributed by atoms with van der Waals surface area (Å²) in [6.45, 7) is 5.01. The fourth-order valence-electron chi connectivity index (χ4n) is 4.16. The first-order valence-corrected chi connectivity index (χ1v) is 10.1. The van der Waals surface area contributed by atoms with Crippen LogP contribution in [-0.4, -0.2) is 37.7 Å². The van der Waals surface area contributed by atoms with Crippen LogP contribution in [0.25, 0.3) is 0 Å². The highest BCUT2D eigenvalue weighted by atomic mass is 35.5. The number of nitrogens with one attached hydrogen (secondary N) is 1. The van der Waals surface area contributed by atoms with Crippen molar-refractivity contribution in [3.05, 3.63) is 58.6 Å². The van der Waals surface area contributed by atoms with Crippen LogP contribution >= 0.6 is 36.4 Å². The van der Waals surface area contributed by atoms with Crippen LogP contribution in [0.15, 0.2) is 42.5 Å². The van der Waals surface area contributed by atoms with Gasteiger partial charge in [-0.15, -0.1) is 24.8 Å². The minimum Gasteiger partial charge on any atom is -0.493 e. The summed E-state index contributed by atoms with van der Waals surface area (Å²) >= 11 is 6.21. The van der Waals surface area contributed by atoms with Gasteiger partial charge in [0.2, 0.25) is 0 Å². The summed E-state index contributed by atoms with van der Waals surface area (Å²) in [4.78, 5) is 2.57. The van der Waals surface area contributed by atoms with Crippen LogP contribution in [0.1, 0.15) is 24.0 Å². The van der Waals surface area contributed by atoms with Crippen molar-refractivity contribution in [3.63, 3.8) is 0 Å². The number of benzene rings is 2. The molecule has 3 fully saturated rings. The third-order valence-corrected chi connectivity index (χ3v) is 6.16. The van der Waals surface area contributed by atoms with Crippen LogP contribution in [0.5, 0.6) is 11.5 Å². The average Bonchev–Trinajstić information content (AvgIpc) is 2.73. The predicted octanol–water partition coefficient (Wildman–Crippen LogP) is 4.96. The molecule has 0 saturated carbocycles. The summed E-state index contributed by atoms with van der Waals surface area (Å²) in [6.07, 6.45) is 2.66. The van der Waals surface area contributed by atoms with Crippen molar-refractivity contribution in [1.82, 2.24) is 10.2 Å². The number of hydrogen-bond acceptors (Lipinski definition) is 4. The van der Waals surface area contributed by atoms with Gasteiger partial charge < -0.3 is 19.7 Å². The van der Waals surface area contributed by atoms with Crippen molar-refractivity contribution in [2.24, 2.45) is 5.92 Å². The number of hydrogen-bond donors (Lipinski definition) is 1. The minimum atomic E-state index is 0. The van der Waals surface area contributed by atoms with Crippen molar-refractivity contribution in [2.75, 3.05) is 26.7 Å². The number of rotatable bonds is 7. The zero-order valence-electron chi connectivity index (χ0n) is 16.6. The molecule has 3 aliphatic heterocycles. The maximum atomic E-state index is 6.21. The molecule has 160 valence electrons. The lowest BCUT2D eigenvalue weighted by molar-refractivity contribution is 0.0720. The van der Waals surface area contributed by atoms with Gasteiger partial charge >= 0.3 is 0 Å². The van der Waals surface area contributed by atoms with Gasteiger partial charge in [0, 0.05) is 29.7 Å². The lowest BCUT2D eigenvalue weighted by Gasteiger charge is -2.45. The van der Waals surface area contributed by atoms with Crippen LogP contribution in [-0.2, 0) is 13.2 Å². The molecule has 1 N–H and O–H groups in total. The molecule has 29 heavy (non-hydrogen) atoms. The molecule has 0 radical (unpaired) electrons. The topological polar surface area (TPSA) is 33.7 Å². The second-order valence-corrected chi connectivity index (χ2v) is 7.90. The Hall–Kier alpha value is -1.17. The Kier molecular flexibility index (Phi) is 9.38. The number of halogens is 3. The maximum Gasteiger partial charge on any atom is 0.161 e. The van der Waals surface area contributed by atoms with Gasteiger partial charge in [-0.2, -0.15) is 0 Å². The smallest absolute Gasteiger partial charge is 0.161 e. The summed E-state index contributed by atoms with van der Waals surface area (Å²) in [5, 5.41) is 4.47. The lowest BCUT2D eigenvalue weighted by Crippen LogP contribution is -2.55. The first-order chi connectivity index (χ1) is 13.2. The molecule has 1 atom stereocenters. The number of methoxy groups -OCH3 is 1. The number of piperidine rings is 3. The van der Waals surface area contributed by atoms with E-state index in [9.17, 15) is 0 Å². The summed E-state index contributed by atoms with van der Waals surface area (Å²) < 4.78 is 11.5. The summed E-state index contributed by atoms with van der Waals surface area (Å²) in [7, 11) is 1.68. The van der Waals surface area contributed by atoms with Crippen LogP contribution in [0.4, 0.5) is 0 Å². The lowest BCUT2D eigenvalue weighted by atomic mass is 9.84. The monoisotopic (exact) mass is 458 g/mol. The van der Waals surface area contributed by atoms with Gasteiger partial charge in [-0.1, -0.05) is 35.9 Å². The molecule has 2 aromatic carbocycles. The Labute approximate surface area is 190 Å². The predicted molar refractivity (Wildman–Crippen MR) is 123 cm³/mol. The zero-order valence-corrected chi connectivity index (χ0v) is 19.0. The first kappa shape index (κ1) is 24.1. The highest BCUT2D eigenvalue weighted by molar-refractivity contribution is 6.31. The third-order valence-electron chi connectivity index (χ3n) is 5.79. The van der Waals surface area contributed by atoms with Crippen LogP contribution < -0.4 is 14.8 Å². The molecule has 3 saturated heterocycles. The summed E-state index contributed by atoms with van der Waals surface area (Å²) in [6, 6.07) is 14.5. The molecule has 0 aliphatic carbocycles. The van der Waals surface area contributed by atoms with Gasteiger partial charge in [0.05, 0.1) is 7.11 Å². The Bertz CT molecular complexity index is 782. The van der Waals surface area contributed by atoms with E-state index in [0.717, 1.165) is 34.5 Å². The van der Waals surface area contributed by atoms with Crippen LogP contribution in [0.3, 0.4) is 0 Å². The quantitative estimate of drug-likeness (QED) is 0.635. The second-order valence-electron chi connectivity index (χ2n) is 7.49. The van der Waals surface area contributed by atoms with E-state index in [1.807, 2.05) is 30.3 Å². The molecular formula is C22H29Cl3N2O2. The minimum absolute atomic E-state index is 0. The van der Waals surface area contributed by atoms with Crippen LogP contribution in [0.2, 0.25) is 5.02 Å². The fourth-order valence-corrected chi connectivity index (χ4v) is 4.35. The highest BCUT2D eigenvalue weighted by Gasteiger charge is 2.33. The average molecular weight is 460 g/mol. The van der Waals surface area contributed by atoms with E-state index in [2.05, 4.69) is 22.3 Å². The first-order valence-electron chi connectivity index (χ1n) is 9.72. The molecule has 7 heteroatoms. The molecule has 0 amide bonds. The van der Waals surface area contributed by atoms with Crippen molar-refractivity contribution < 1.29 is 9.47 Å².